The third-order valence-electron chi connectivity index (χ3n) is 5.68. The first-order chi connectivity index (χ1) is 14.9. The number of ether oxygens (including phenoxy) is 2. The van der Waals surface area contributed by atoms with Crippen molar-refractivity contribution in [3.05, 3.63) is 89.1 Å². The molecule has 3 nitrogen and oxygen atoms in total. The van der Waals surface area contributed by atoms with Crippen LogP contribution in [0.1, 0.15) is 48.4 Å². The van der Waals surface area contributed by atoms with Crippen LogP contribution in [0.4, 0.5) is 4.39 Å². The summed E-state index contributed by atoms with van der Waals surface area (Å²) in [5, 5.41) is 0. The summed E-state index contributed by atoms with van der Waals surface area (Å²) in [6.45, 7) is 14.0. The Morgan fingerprint density at radius 3 is 2.71 bits per heavy atom. The van der Waals surface area contributed by atoms with Gasteiger partial charge in [0.2, 0.25) is 0 Å². The normalized spacial score (nSPS) is 16.9. The lowest BCUT2D eigenvalue weighted by Crippen LogP contribution is -2.15. The number of nitrogens with zero attached hydrogens (tertiary/aromatic N) is 1. The molecule has 2 aromatic rings. The summed E-state index contributed by atoms with van der Waals surface area (Å²) in [7, 11) is 1.67. The third-order valence-corrected chi connectivity index (χ3v) is 5.68. The molecule has 1 aromatic carbocycles. The molecule has 162 valence electrons. The summed E-state index contributed by atoms with van der Waals surface area (Å²) in [4.78, 5) is 4.61. The van der Waals surface area contributed by atoms with Gasteiger partial charge in [0, 0.05) is 30.4 Å². The number of allylic oxidation sites excluding steroid dienone is 2. The van der Waals surface area contributed by atoms with Gasteiger partial charge in [0.1, 0.15) is 12.4 Å². The molecule has 0 amide bonds. The molecule has 0 fully saturated rings. The van der Waals surface area contributed by atoms with Crippen LogP contribution in [0.25, 0.3) is 23.4 Å². The number of halogens is 1. The van der Waals surface area contributed by atoms with Gasteiger partial charge in [-0.25, -0.2) is 4.39 Å². The van der Waals surface area contributed by atoms with E-state index in [1.54, 1.807) is 38.4 Å². The van der Waals surface area contributed by atoms with Crippen molar-refractivity contribution >= 4 is 12.2 Å². The zero-order valence-electron chi connectivity index (χ0n) is 18.7. The molecule has 2 unspecified atom stereocenters. The van der Waals surface area contributed by atoms with Crippen molar-refractivity contribution in [3.8, 4) is 11.3 Å². The molecule has 1 aliphatic carbocycles. The summed E-state index contributed by atoms with van der Waals surface area (Å²) < 4.78 is 25.6. The Morgan fingerprint density at radius 2 is 2.06 bits per heavy atom. The Kier molecular flexibility index (Phi) is 7.24. The van der Waals surface area contributed by atoms with E-state index in [4.69, 9.17) is 9.47 Å². The van der Waals surface area contributed by atoms with Gasteiger partial charge in [0.25, 0.3) is 0 Å². The second-order valence-corrected chi connectivity index (χ2v) is 7.90. The fourth-order valence-electron chi connectivity index (χ4n) is 3.80. The minimum atomic E-state index is -0.204. The van der Waals surface area contributed by atoms with E-state index in [0.29, 0.717) is 12.2 Å². The van der Waals surface area contributed by atoms with Crippen molar-refractivity contribution in [1.29, 1.82) is 0 Å². The van der Waals surface area contributed by atoms with E-state index < -0.39 is 0 Å². The smallest absolute Gasteiger partial charge is 0.126 e. The van der Waals surface area contributed by atoms with Crippen LogP contribution in [0.3, 0.4) is 0 Å². The molecule has 0 bridgehead atoms. The van der Waals surface area contributed by atoms with Crippen molar-refractivity contribution < 1.29 is 13.9 Å². The molecule has 2 atom stereocenters. The Hall–Kier alpha value is -2.98. The zero-order valence-corrected chi connectivity index (χ0v) is 18.7. The van der Waals surface area contributed by atoms with Crippen molar-refractivity contribution in [2.24, 2.45) is 0 Å². The molecule has 0 saturated heterocycles. The molecule has 0 aliphatic heterocycles. The molecular formula is C27H30FNO2. The summed E-state index contributed by atoms with van der Waals surface area (Å²) in [6, 6.07) is 5.43. The van der Waals surface area contributed by atoms with Gasteiger partial charge >= 0.3 is 0 Å². The molecule has 3 rings (SSSR count). The van der Waals surface area contributed by atoms with Gasteiger partial charge in [0.15, 0.2) is 0 Å². The molecule has 0 radical (unpaired) electrons. The molecule has 4 heteroatoms. The molecule has 0 N–H and O–H groups in total. The van der Waals surface area contributed by atoms with E-state index in [9.17, 15) is 4.39 Å². The largest absolute Gasteiger partial charge is 0.494 e. The van der Waals surface area contributed by atoms with Crippen LogP contribution in [0.15, 0.2) is 61.0 Å². The number of hydrogen-bond acceptors (Lipinski definition) is 3. The van der Waals surface area contributed by atoms with Crippen LogP contribution in [-0.2, 0) is 9.47 Å². The van der Waals surface area contributed by atoms with E-state index in [1.807, 2.05) is 32.1 Å². The van der Waals surface area contributed by atoms with Crippen LogP contribution >= 0.6 is 0 Å². The van der Waals surface area contributed by atoms with Gasteiger partial charge in [-0.1, -0.05) is 31.4 Å². The highest BCUT2D eigenvalue weighted by Crippen LogP contribution is 2.42. The Labute approximate surface area is 184 Å². The number of aryl methyl sites for hydroxylation is 1. The number of pyridine rings is 1. The maximum Gasteiger partial charge on any atom is 0.126 e. The number of rotatable bonds is 9. The van der Waals surface area contributed by atoms with Gasteiger partial charge in [0.05, 0.1) is 17.6 Å². The Bertz CT molecular complexity index is 1050. The monoisotopic (exact) mass is 419 g/mol. The van der Waals surface area contributed by atoms with E-state index in [2.05, 4.69) is 24.2 Å². The first kappa shape index (κ1) is 22.7. The Morgan fingerprint density at radius 1 is 1.32 bits per heavy atom. The molecule has 1 heterocycles. The zero-order chi connectivity index (χ0) is 22.5. The highest BCUT2D eigenvalue weighted by Gasteiger charge is 2.26. The van der Waals surface area contributed by atoms with Crippen molar-refractivity contribution in [2.45, 2.75) is 39.2 Å². The maximum absolute atomic E-state index is 14.5. The average Bonchev–Trinajstić information content (AvgIpc) is 2.73. The van der Waals surface area contributed by atoms with Crippen molar-refractivity contribution in [3.63, 3.8) is 0 Å². The van der Waals surface area contributed by atoms with Crippen molar-refractivity contribution in [1.82, 2.24) is 4.98 Å². The lowest BCUT2D eigenvalue weighted by atomic mass is 9.78. The second-order valence-electron chi connectivity index (χ2n) is 7.90. The minimum absolute atomic E-state index is 0.0131. The summed E-state index contributed by atoms with van der Waals surface area (Å²) in [5.74, 6) is 0.754. The van der Waals surface area contributed by atoms with Crippen molar-refractivity contribution in [2.75, 3.05) is 13.7 Å². The second kappa shape index (κ2) is 9.88. The molecule has 1 aromatic heterocycles. The quantitative estimate of drug-likeness (QED) is 0.329. The van der Waals surface area contributed by atoms with Gasteiger partial charge in [-0.05, 0) is 73.7 Å². The first-order valence-electron chi connectivity index (χ1n) is 10.5. The summed E-state index contributed by atoms with van der Waals surface area (Å²) in [5.41, 5.74) is 6.33. The number of aromatic nitrogens is 1. The predicted octanol–water partition coefficient (Wildman–Crippen LogP) is 6.85. The van der Waals surface area contributed by atoms with Crippen LogP contribution in [0.2, 0.25) is 0 Å². The van der Waals surface area contributed by atoms with Crippen LogP contribution in [0.5, 0.6) is 0 Å². The van der Waals surface area contributed by atoms with Crippen LogP contribution < -0.4 is 0 Å². The molecule has 0 saturated carbocycles. The van der Waals surface area contributed by atoms with Crippen LogP contribution in [0, 0.1) is 12.7 Å². The lowest BCUT2D eigenvalue weighted by Gasteiger charge is -2.28. The van der Waals surface area contributed by atoms with Gasteiger partial charge in [-0.15, -0.1) is 0 Å². The van der Waals surface area contributed by atoms with Gasteiger partial charge in [-0.2, -0.15) is 0 Å². The number of hydrogen-bond donors (Lipinski definition) is 0. The molecule has 31 heavy (non-hydrogen) atoms. The number of benzene rings is 1. The Balaban J connectivity index is 1.89. The van der Waals surface area contributed by atoms with Gasteiger partial charge in [-0.3, -0.25) is 4.98 Å². The van der Waals surface area contributed by atoms with E-state index in [0.717, 1.165) is 40.1 Å². The molecular weight excluding hydrogens is 389 g/mol. The highest BCUT2D eigenvalue weighted by atomic mass is 19.1. The fourth-order valence-corrected chi connectivity index (χ4v) is 3.80. The predicted molar refractivity (Wildman–Crippen MR) is 126 cm³/mol. The van der Waals surface area contributed by atoms with E-state index >= 15 is 0 Å². The molecule has 0 spiro atoms. The van der Waals surface area contributed by atoms with E-state index in [1.165, 1.54) is 5.57 Å². The topological polar surface area (TPSA) is 31.4 Å². The number of methoxy groups -OCH3 is 1. The van der Waals surface area contributed by atoms with Crippen LogP contribution in [-0.4, -0.2) is 24.8 Å². The highest BCUT2D eigenvalue weighted by molar-refractivity contribution is 5.80. The summed E-state index contributed by atoms with van der Waals surface area (Å²) in [6.07, 6.45) is 10.3. The molecule has 1 aliphatic rings. The average molecular weight is 420 g/mol. The first-order valence-corrected chi connectivity index (χ1v) is 10.5. The standard InChI is InChI=1S/C27H30FNO2/c1-7-21-9-10-29-27(23(21)8-2)25-11-17(3)26(28)15-24(25)22-13-20(14-22)16-31-19(5)12-18(4)30-6/h7-13,15,18,22H,1-2,14,16H2,3-6H3/b19-12-. The summed E-state index contributed by atoms with van der Waals surface area (Å²) >= 11 is 0. The third kappa shape index (κ3) is 5.02. The lowest BCUT2D eigenvalue weighted by molar-refractivity contribution is 0.147. The van der Waals surface area contributed by atoms with E-state index in [-0.39, 0.29) is 17.8 Å². The SMILES string of the molecule is C=Cc1ccnc(-c2cc(C)c(F)cc2C2C=C(CO/C(C)=C\C(C)OC)C2)c1C=C. The van der Waals surface area contributed by atoms with Gasteiger partial charge < -0.3 is 9.47 Å². The fraction of sp³-hybridized carbons (Fsp3) is 0.296. The minimum Gasteiger partial charge on any atom is -0.494 e. The maximum atomic E-state index is 14.5.